The number of hydrogen-bond acceptors (Lipinski definition) is 4. The van der Waals surface area contributed by atoms with Crippen molar-refractivity contribution < 1.29 is 0 Å². The fourth-order valence-electron chi connectivity index (χ4n) is 1.71. The molecule has 0 aliphatic carbocycles. The molecule has 0 amide bonds. The van der Waals surface area contributed by atoms with Gasteiger partial charge in [0, 0.05) is 0 Å². The second kappa shape index (κ2) is 12.4. The quantitative estimate of drug-likeness (QED) is 0.728. The maximum atomic E-state index is 8.48. The molecular weight excluding hydrogens is 224 g/mol. The van der Waals surface area contributed by atoms with Crippen LogP contribution in [0.3, 0.4) is 0 Å². The Morgan fingerprint density at radius 2 is 0.944 bits per heavy atom. The van der Waals surface area contributed by atoms with Gasteiger partial charge in [-0.25, -0.2) is 0 Å². The maximum Gasteiger partial charge on any atom is 0.0949 e. The molecule has 0 rings (SSSR count). The fraction of sp³-hybridized carbons (Fsp3) is 0.857. The van der Waals surface area contributed by atoms with Crippen LogP contribution in [0.4, 0.5) is 0 Å². The standard InChI is InChI=1S/2C7H14N2/c2*1-4-9(5-2)7(3)6-8/h2*7H,4-5H2,1-3H3. The van der Waals surface area contributed by atoms with Crippen LogP contribution in [0.5, 0.6) is 0 Å². The van der Waals surface area contributed by atoms with E-state index < -0.39 is 0 Å². The van der Waals surface area contributed by atoms with Crippen molar-refractivity contribution in [1.82, 2.24) is 9.80 Å². The lowest BCUT2D eigenvalue weighted by Crippen LogP contribution is -2.31. The number of hydrogen-bond donors (Lipinski definition) is 0. The van der Waals surface area contributed by atoms with Crippen LogP contribution in [-0.4, -0.2) is 48.1 Å². The summed E-state index contributed by atoms with van der Waals surface area (Å²) in [5.74, 6) is 0. The third kappa shape index (κ3) is 8.06. The van der Waals surface area contributed by atoms with E-state index in [1.807, 2.05) is 13.8 Å². The van der Waals surface area contributed by atoms with Crippen molar-refractivity contribution in [2.75, 3.05) is 26.2 Å². The molecule has 0 saturated carbocycles. The van der Waals surface area contributed by atoms with Gasteiger partial charge in [-0.3, -0.25) is 9.80 Å². The first kappa shape index (κ1) is 19.2. The first-order valence-electron chi connectivity index (χ1n) is 6.79. The minimum atomic E-state index is 0.0694. The third-order valence-electron chi connectivity index (χ3n) is 3.09. The highest BCUT2D eigenvalue weighted by atomic mass is 15.1. The van der Waals surface area contributed by atoms with Crippen molar-refractivity contribution >= 4 is 0 Å². The van der Waals surface area contributed by atoms with Crippen molar-refractivity contribution in [3.8, 4) is 12.1 Å². The van der Waals surface area contributed by atoms with Crippen molar-refractivity contribution in [3.63, 3.8) is 0 Å². The van der Waals surface area contributed by atoms with Crippen LogP contribution < -0.4 is 0 Å². The van der Waals surface area contributed by atoms with Gasteiger partial charge in [-0.1, -0.05) is 27.7 Å². The van der Waals surface area contributed by atoms with Gasteiger partial charge in [-0.15, -0.1) is 0 Å². The minimum absolute atomic E-state index is 0.0694. The van der Waals surface area contributed by atoms with Gasteiger partial charge in [0.1, 0.15) is 0 Å². The fourth-order valence-corrected chi connectivity index (χ4v) is 1.71. The molecule has 0 radical (unpaired) electrons. The molecule has 0 aliphatic heterocycles. The summed E-state index contributed by atoms with van der Waals surface area (Å²) >= 11 is 0. The summed E-state index contributed by atoms with van der Waals surface area (Å²) in [5.41, 5.74) is 0. The Kier molecular flexibility index (Phi) is 13.2. The van der Waals surface area contributed by atoms with E-state index in [4.69, 9.17) is 10.5 Å². The largest absolute Gasteiger partial charge is 0.289 e. The molecule has 0 bridgehead atoms. The first-order valence-corrected chi connectivity index (χ1v) is 6.79. The Balaban J connectivity index is 0. The average molecular weight is 252 g/mol. The average Bonchev–Trinajstić information content (AvgIpc) is 2.41. The molecule has 0 N–H and O–H groups in total. The second-order valence-corrected chi connectivity index (χ2v) is 4.05. The van der Waals surface area contributed by atoms with Gasteiger partial charge in [-0.2, -0.15) is 10.5 Å². The Labute approximate surface area is 113 Å². The normalized spacial score (nSPS) is 13.2. The number of nitrogens with zero attached hydrogens (tertiary/aromatic N) is 4. The summed E-state index contributed by atoms with van der Waals surface area (Å²) < 4.78 is 0. The van der Waals surface area contributed by atoms with E-state index in [9.17, 15) is 0 Å². The summed E-state index contributed by atoms with van der Waals surface area (Å²) in [7, 11) is 0. The van der Waals surface area contributed by atoms with Crippen LogP contribution in [0.25, 0.3) is 0 Å². The Morgan fingerprint density at radius 3 is 1.00 bits per heavy atom. The molecule has 0 fully saturated rings. The summed E-state index contributed by atoms with van der Waals surface area (Å²) in [6.07, 6.45) is 0. The van der Waals surface area contributed by atoms with E-state index in [2.05, 4.69) is 49.6 Å². The molecule has 0 saturated heterocycles. The SMILES string of the molecule is CCN(CC)C(C)C#N.CCN(CC)C(C)C#N. The van der Waals surface area contributed by atoms with E-state index in [0.29, 0.717) is 0 Å². The molecule has 0 aromatic rings. The zero-order valence-corrected chi connectivity index (χ0v) is 12.8. The molecule has 2 atom stereocenters. The first-order chi connectivity index (χ1) is 8.51. The molecule has 2 unspecified atom stereocenters. The monoisotopic (exact) mass is 252 g/mol. The zero-order chi connectivity index (χ0) is 14.6. The van der Waals surface area contributed by atoms with Crippen LogP contribution >= 0.6 is 0 Å². The molecule has 0 aliphatic rings. The van der Waals surface area contributed by atoms with Crippen LogP contribution in [0.1, 0.15) is 41.5 Å². The molecule has 104 valence electrons. The molecule has 0 aromatic carbocycles. The smallest absolute Gasteiger partial charge is 0.0949 e. The predicted octanol–water partition coefficient (Wildman–Crippen LogP) is 2.48. The van der Waals surface area contributed by atoms with Crippen LogP contribution in [0, 0.1) is 22.7 Å². The molecule has 18 heavy (non-hydrogen) atoms. The summed E-state index contributed by atoms with van der Waals surface area (Å²) in [5, 5.41) is 17.0. The van der Waals surface area contributed by atoms with E-state index >= 15 is 0 Å². The molecule has 4 heteroatoms. The zero-order valence-electron chi connectivity index (χ0n) is 12.8. The van der Waals surface area contributed by atoms with Crippen molar-refractivity contribution in [2.24, 2.45) is 0 Å². The van der Waals surface area contributed by atoms with Gasteiger partial charge < -0.3 is 0 Å². The molecule has 0 spiro atoms. The van der Waals surface area contributed by atoms with E-state index in [1.54, 1.807) is 0 Å². The van der Waals surface area contributed by atoms with Gasteiger partial charge in [0.15, 0.2) is 0 Å². The van der Waals surface area contributed by atoms with E-state index in [1.165, 1.54) is 0 Å². The summed E-state index contributed by atoms with van der Waals surface area (Å²) in [6.45, 7) is 16.0. The Morgan fingerprint density at radius 1 is 0.722 bits per heavy atom. The molecule has 4 nitrogen and oxygen atoms in total. The topological polar surface area (TPSA) is 54.1 Å². The summed E-state index contributed by atoms with van der Waals surface area (Å²) in [6, 6.07) is 4.52. The van der Waals surface area contributed by atoms with Crippen LogP contribution in [-0.2, 0) is 0 Å². The van der Waals surface area contributed by atoms with Crippen LogP contribution in [0.2, 0.25) is 0 Å². The van der Waals surface area contributed by atoms with Gasteiger partial charge in [-0.05, 0) is 40.0 Å². The van der Waals surface area contributed by atoms with Gasteiger partial charge >= 0.3 is 0 Å². The Hall–Kier alpha value is -1.10. The van der Waals surface area contributed by atoms with Gasteiger partial charge in [0.25, 0.3) is 0 Å². The number of nitriles is 2. The lowest BCUT2D eigenvalue weighted by molar-refractivity contribution is 0.273. The highest BCUT2D eigenvalue weighted by Gasteiger charge is 2.06. The maximum absolute atomic E-state index is 8.48. The number of rotatable bonds is 6. The van der Waals surface area contributed by atoms with Gasteiger partial charge in [0.2, 0.25) is 0 Å². The molecule has 0 aromatic heterocycles. The van der Waals surface area contributed by atoms with E-state index in [-0.39, 0.29) is 12.1 Å². The summed E-state index contributed by atoms with van der Waals surface area (Å²) in [4.78, 5) is 4.22. The van der Waals surface area contributed by atoms with Crippen molar-refractivity contribution in [1.29, 1.82) is 10.5 Å². The Bertz CT molecular complexity index is 228. The molecule has 0 heterocycles. The highest BCUT2D eigenvalue weighted by Crippen LogP contribution is 1.95. The highest BCUT2D eigenvalue weighted by molar-refractivity contribution is 4.87. The minimum Gasteiger partial charge on any atom is -0.289 e. The lowest BCUT2D eigenvalue weighted by Gasteiger charge is -2.19. The predicted molar refractivity (Wildman–Crippen MR) is 76.0 cm³/mol. The van der Waals surface area contributed by atoms with Crippen LogP contribution in [0.15, 0.2) is 0 Å². The third-order valence-corrected chi connectivity index (χ3v) is 3.09. The van der Waals surface area contributed by atoms with E-state index in [0.717, 1.165) is 26.2 Å². The molecular formula is C14H28N4. The van der Waals surface area contributed by atoms with Crippen molar-refractivity contribution in [2.45, 2.75) is 53.6 Å². The van der Waals surface area contributed by atoms with Crippen molar-refractivity contribution in [3.05, 3.63) is 0 Å². The second-order valence-electron chi connectivity index (χ2n) is 4.05. The lowest BCUT2D eigenvalue weighted by atomic mass is 10.3. The van der Waals surface area contributed by atoms with Gasteiger partial charge in [0.05, 0.1) is 24.2 Å².